The van der Waals surface area contributed by atoms with Crippen LogP contribution in [-0.2, 0) is 17.5 Å². The van der Waals surface area contributed by atoms with E-state index in [-0.39, 0.29) is 28.8 Å². The molecule has 0 radical (unpaired) electrons. The van der Waals surface area contributed by atoms with E-state index in [1.54, 1.807) is 0 Å². The molecule has 2 aromatic heterocycles. The molecule has 3 rings (SSSR count). The Bertz CT molecular complexity index is 1330. The summed E-state index contributed by atoms with van der Waals surface area (Å²) in [5, 5.41) is 11.6. The van der Waals surface area contributed by atoms with Gasteiger partial charge in [0.25, 0.3) is 11.1 Å². The summed E-state index contributed by atoms with van der Waals surface area (Å²) in [6.07, 6.45) is -0.627. The number of carboxylic acid groups (broad SMARTS) is 1. The second-order valence-electron chi connectivity index (χ2n) is 7.81. The molecular formula is C21H18ClF3N4O4. The number of benzene rings is 1. The molecule has 174 valence electrons. The van der Waals surface area contributed by atoms with Crippen LogP contribution in [0.3, 0.4) is 0 Å². The van der Waals surface area contributed by atoms with Crippen molar-refractivity contribution in [2.75, 3.05) is 5.32 Å². The summed E-state index contributed by atoms with van der Waals surface area (Å²) in [7, 11) is 0. The van der Waals surface area contributed by atoms with Gasteiger partial charge < -0.3 is 15.0 Å². The van der Waals surface area contributed by atoms with Crippen molar-refractivity contribution in [3.8, 4) is 5.69 Å². The van der Waals surface area contributed by atoms with E-state index in [4.69, 9.17) is 11.6 Å². The Balaban J connectivity index is 1.92. The zero-order valence-electron chi connectivity index (χ0n) is 17.4. The molecule has 0 aliphatic heterocycles. The molecule has 0 unspecified atom stereocenters. The molecule has 1 aromatic carbocycles. The Labute approximate surface area is 189 Å². The number of hydrogen-bond acceptors (Lipinski definition) is 5. The first kappa shape index (κ1) is 24.1. The van der Waals surface area contributed by atoms with E-state index in [0.717, 1.165) is 28.8 Å². The average Bonchev–Trinajstić information content (AvgIpc) is 2.71. The summed E-state index contributed by atoms with van der Waals surface area (Å²) >= 11 is 5.92. The van der Waals surface area contributed by atoms with E-state index < -0.39 is 34.2 Å². The number of aliphatic carboxylic acids is 1. The second kappa shape index (κ2) is 8.74. The van der Waals surface area contributed by atoms with Crippen LogP contribution in [0.2, 0.25) is 5.02 Å². The number of alkyl halides is 3. The van der Waals surface area contributed by atoms with Crippen molar-refractivity contribution in [2.45, 2.75) is 26.6 Å². The summed E-state index contributed by atoms with van der Waals surface area (Å²) in [6.45, 7) is 2.88. The summed E-state index contributed by atoms with van der Waals surface area (Å²) in [6, 6.07) is 5.23. The predicted octanol–water partition coefficient (Wildman–Crippen LogP) is 3.92. The average molecular weight is 483 g/mol. The Hall–Kier alpha value is -3.60. The van der Waals surface area contributed by atoms with Gasteiger partial charge in [-0.25, -0.2) is 4.98 Å². The number of anilines is 2. The van der Waals surface area contributed by atoms with Gasteiger partial charge in [0.1, 0.15) is 0 Å². The fourth-order valence-electron chi connectivity index (χ4n) is 2.89. The fourth-order valence-corrected chi connectivity index (χ4v) is 3.12. The van der Waals surface area contributed by atoms with E-state index in [1.165, 1.54) is 43.1 Å². The first-order chi connectivity index (χ1) is 15.3. The Kier molecular flexibility index (Phi) is 6.37. The highest BCUT2D eigenvalue weighted by Crippen LogP contribution is 2.34. The van der Waals surface area contributed by atoms with Gasteiger partial charge >= 0.3 is 12.1 Å². The van der Waals surface area contributed by atoms with E-state index >= 15 is 0 Å². The number of hydrogen-bond donors (Lipinski definition) is 2. The first-order valence-electron chi connectivity index (χ1n) is 9.45. The molecule has 3 aromatic rings. The minimum Gasteiger partial charge on any atom is -0.481 e. The third-order valence-corrected chi connectivity index (χ3v) is 5.11. The molecule has 0 bridgehead atoms. The number of rotatable bonds is 6. The normalized spacial score (nSPS) is 11.9. The first-order valence-corrected chi connectivity index (χ1v) is 9.83. The maximum atomic E-state index is 12.9. The van der Waals surface area contributed by atoms with Gasteiger partial charge in [0.15, 0.2) is 5.82 Å². The van der Waals surface area contributed by atoms with Gasteiger partial charge in [-0.1, -0.05) is 11.6 Å². The van der Waals surface area contributed by atoms with Crippen LogP contribution in [0, 0.1) is 5.41 Å². The van der Waals surface area contributed by atoms with Crippen molar-refractivity contribution in [3.05, 3.63) is 80.2 Å². The molecule has 33 heavy (non-hydrogen) atoms. The third kappa shape index (κ3) is 5.25. The molecule has 2 heterocycles. The molecule has 0 saturated heterocycles. The largest absolute Gasteiger partial charge is 0.481 e. The van der Waals surface area contributed by atoms with Crippen LogP contribution in [-0.4, -0.2) is 25.2 Å². The predicted molar refractivity (Wildman–Crippen MR) is 115 cm³/mol. The van der Waals surface area contributed by atoms with Crippen molar-refractivity contribution in [2.24, 2.45) is 5.41 Å². The van der Waals surface area contributed by atoms with Crippen LogP contribution >= 0.6 is 11.6 Å². The second-order valence-corrected chi connectivity index (χ2v) is 8.22. The minimum atomic E-state index is -4.57. The van der Waals surface area contributed by atoms with E-state index in [2.05, 4.69) is 10.3 Å². The van der Waals surface area contributed by atoms with Crippen LogP contribution in [0.4, 0.5) is 24.7 Å². The van der Waals surface area contributed by atoms with Gasteiger partial charge in [-0.05, 0) is 38.1 Å². The van der Waals surface area contributed by atoms with Gasteiger partial charge in [0.2, 0.25) is 0 Å². The third-order valence-electron chi connectivity index (χ3n) is 4.79. The topological polar surface area (TPSA) is 106 Å². The van der Waals surface area contributed by atoms with Gasteiger partial charge in [-0.3, -0.25) is 19.0 Å². The summed E-state index contributed by atoms with van der Waals surface area (Å²) < 4.78 is 40.8. The molecule has 0 aliphatic rings. The van der Waals surface area contributed by atoms with Crippen molar-refractivity contribution in [1.82, 2.24) is 14.1 Å². The zero-order valence-corrected chi connectivity index (χ0v) is 18.1. The van der Waals surface area contributed by atoms with Crippen molar-refractivity contribution < 1.29 is 23.1 Å². The molecule has 12 heteroatoms. The van der Waals surface area contributed by atoms with E-state index in [1.807, 2.05) is 0 Å². The lowest BCUT2D eigenvalue weighted by molar-refractivity contribution is -0.147. The standard InChI is InChI=1S/C21H18ClF3N4O4/c1-20(2,19(32)33)11-28-7-5-13(10-16(28)30)29-8-6-26-17(18(29)31)27-15-4-3-12(9-14(15)22)21(23,24)25/h3-10H,11H2,1-2H3,(H,26,27)(H,32,33). The number of halogens is 4. The van der Waals surface area contributed by atoms with Gasteiger partial charge in [0.05, 0.1) is 27.4 Å². The highest BCUT2D eigenvalue weighted by Gasteiger charge is 2.31. The van der Waals surface area contributed by atoms with Crippen LogP contribution in [0.1, 0.15) is 19.4 Å². The molecule has 2 N–H and O–H groups in total. The highest BCUT2D eigenvalue weighted by molar-refractivity contribution is 6.33. The number of pyridine rings is 1. The number of carbonyl (C=O) groups is 1. The molecule has 0 fully saturated rings. The Morgan fingerprint density at radius 3 is 2.42 bits per heavy atom. The summed E-state index contributed by atoms with van der Waals surface area (Å²) in [5.41, 5.74) is -3.10. The van der Waals surface area contributed by atoms with Gasteiger partial charge in [-0.15, -0.1) is 0 Å². The maximum Gasteiger partial charge on any atom is 0.416 e. The molecule has 0 aliphatic carbocycles. The van der Waals surface area contributed by atoms with Crippen molar-refractivity contribution in [3.63, 3.8) is 0 Å². The van der Waals surface area contributed by atoms with Gasteiger partial charge in [-0.2, -0.15) is 13.2 Å². The quantitative estimate of drug-likeness (QED) is 0.551. The van der Waals surface area contributed by atoms with Crippen LogP contribution in [0.5, 0.6) is 0 Å². The van der Waals surface area contributed by atoms with E-state index in [9.17, 15) is 32.7 Å². The molecule has 0 saturated carbocycles. The molecule has 0 amide bonds. The van der Waals surface area contributed by atoms with Gasteiger partial charge in [0, 0.05) is 31.2 Å². The minimum absolute atomic E-state index is 0.0401. The van der Waals surface area contributed by atoms with Crippen molar-refractivity contribution in [1.29, 1.82) is 0 Å². The van der Waals surface area contributed by atoms with E-state index in [0.29, 0.717) is 0 Å². The summed E-state index contributed by atoms with van der Waals surface area (Å²) in [4.78, 5) is 40.5. The number of carboxylic acids is 1. The smallest absolute Gasteiger partial charge is 0.416 e. The molecule has 0 atom stereocenters. The highest BCUT2D eigenvalue weighted by atomic mass is 35.5. The number of aromatic nitrogens is 3. The van der Waals surface area contributed by atoms with Crippen LogP contribution in [0.25, 0.3) is 5.69 Å². The lowest BCUT2D eigenvalue weighted by Gasteiger charge is -2.20. The fraction of sp³-hybridized carbons (Fsp3) is 0.238. The molecule has 0 spiro atoms. The number of nitrogens with one attached hydrogen (secondary N) is 1. The molecule has 8 nitrogen and oxygen atoms in total. The van der Waals surface area contributed by atoms with Crippen LogP contribution < -0.4 is 16.4 Å². The zero-order chi connectivity index (χ0) is 24.6. The lowest BCUT2D eigenvalue weighted by Crippen LogP contribution is -2.34. The maximum absolute atomic E-state index is 12.9. The monoisotopic (exact) mass is 482 g/mol. The molecular weight excluding hydrogens is 465 g/mol. The number of nitrogens with zero attached hydrogens (tertiary/aromatic N) is 3. The van der Waals surface area contributed by atoms with Crippen molar-refractivity contribution >= 4 is 29.1 Å². The Morgan fingerprint density at radius 1 is 1.15 bits per heavy atom. The Morgan fingerprint density at radius 2 is 1.85 bits per heavy atom. The summed E-state index contributed by atoms with van der Waals surface area (Å²) in [5.74, 6) is -1.29. The lowest BCUT2D eigenvalue weighted by atomic mass is 9.94. The van der Waals surface area contributed by atoms with Crippen LogP contribution in [0.15, 0.2) is 58.5 Å². The SMILES string of the molecule is CC(C)(Cn1ccc(-n2ccnc(Nc3ccc(C(F)(F)F)cc3Cl)c2=O)cc1=O)C(=O)O.